The first kappa shape index (κ1) is 33.0. The van der Waals surface area contributed by atoms with E-state index in [0.29, 0.717) is 30.2 Å². The molecule has 2 aromatic carbocycles. The quantitative estimate of drug-likeness (QED) is 0.257. The van der Waals surface area contributed by atoms with Crippen LogP contribution in [-0.2, 0) is 14.3 Å². The van der Waals surface area contributed by atoms with Crippen LogP contribution in [0.1, 0.15) is 70.5 Å². The number of hydrogen-bond donors (Lipinski definition) is 2. The molecule has 0 aromatic heterocycles. The van der Waals surface area contributed by atoms with E-state index in [-0.39, 0.29) is 11.8 Å². The Morgan fingerprint density at radius 2 is 1.70 bits per heavy atom. The Bertz CT molecular complexity index is 1100. The van der Waals surface area contributed by atoms with Crippen LogP contribution in [0.2, 0.25) is 0 Å². The van der Waals surface area contributed by atoms with Gasteiger partial charge in [-0.1, -0.05) is 44.0 Å². The van der Waals surface area contributed by atoms with E-state index >= 15 is 0 Å². The summed E-state index contributed by atoms with van der Waals surface area (Å²) in [6, 6.07) is 12.9. The summed E-state index contributed by atoms with van der Waals surface area (Å²) in [7, 11) is 1.58. The molecule has 8 nitrogen and oxygen atoms in total. The number of aryl methyl sites for hydroxylation is 1. The van der Waals surface area contributed by atoms with Crippen molar-refractivity contribution in [3.8, 4) is 5.75 Å². The van der Waals surface area contributed by atoms with E-state index in [1.54, 1.807) is 68.8 Å². The fourth-order valence-corrected chi connectivity index (χ4v) is 4.74. The van der Waals surface area contributed by atoms with Gasteiger partial charge in [0.05, 0.1) is 7.11 Å². The minimum atomic E-state index is -0.898. The van der Waals surface area contributed by atoms with E-state index in [0.717, 1.165) is 30.4 Å². The molecule has 220 valence electrons. The molecule has 2 N–H and O–H groups in total. The van der Waals surface area contributed by atoms with Gasteiger partial charge < -0.3 is 25.0 Å². The van der Waals surface area contributed by atoms with E-state index in [2.05, 4.69) is 17.6 Å². The average molecular weight is 572 g/mol. The summed E-state index contributed by atoms with van der Waals surface area (Å²) in [6.45, 7) is 9.72. The number of carbonyl (C=O) groups excluding carboxylic acids is 3. The number of rotatable bonds is 14. The van der Waals surface area contributed by atoms with Gasteiger partial charge in [0.15, 0.2) is 0 Å². The molecule has 0 heterocycles. The summed E-state index contributed by atoms with van der Waals surface area (Å²) >= 11 is 1.59. The highest BCUT2D eigenvalue weighted by molar-refractivity contribution is 7.98. The maximum Gasteiger partial charge on any atom is 0.408 e. The molecule has 0 saturated carbocycles. The summed E-state index contributed by atoms with van der Waals surface area (Å²) < 4.78 is 10.7. The van der Waals surface area contributed by atoms with Crippen LogP contribution in [0.15, 0.2) is 48.5 Å². The number of unbranched alkanes of at least 4 members (excludes halogenated alkanes) is 2. The Morgan fingerprint density at radius 1 is 1.02 bits per heavy atom. The van der Waals surface area contributed by atoms with E-state index in [1.165, 1.54) is 0 Å². The highest BCUT2D eigenvalue weighted by Gasteiger charge is 2.36. The zero-order valence-electron chi connectivity index (χ0n) is 24.9. The van der Waals surface area contributed by atoms with Crippen LogP contribution in [0.4, 0.5) is 10.5 Å². The number of carbonyl (C=O) groups is 3. The van der Waals surface area contributed by atoms with Crippen LogP contribution < -0.4 is 15.4 Å². The zero-order valence-corrected chi connectivity index (χ0v) is 25.7. The zero-order chi connectivity index (χ0) is 29.7. The molecule has 0 aliphatic rings. The highest BCUT2D eigenvalue weighted by atomic mass is 32.2. The van der Waals surface area contributed by atoms with Crippen LogP contribution in [0, 0.1) is 6.92 Å². The van der Waals surface area contributed by atoms with E-state index in [9.17, 15) is 14.4 Å². The largest absolute Gasteiger partial charge is 0.497 e. The summed E-state index contributed by atoms with van der Waals surface area (Å²) in [4.78, 5) is 42.6. The molecule has 40 heavy (non-hydrogen) atoms. The maximum atomic E-state index is 14.3. The Labute approximate surface area is 243 Å². The summed E-state index contributed by atoms with van der Waals surface area (Å²) in [5.41, 5.74) is 1.52. The molecule has 0 aliphatic carbocycles. The van der Waals surface area contributed by atoms with Gasteiger partial charge in [-0.3, -0.25) is 9.59 Å². The SMILES string of the molecule is CCCCCN(C(=O)C(CCSC)NC(=O)OC(C)(C)C)C(C(=O)Nc1ccc(OC)cc1)c1ccccc1C. The molecule has 2 atom stereocenters. The molecule has 3 amide bonds. The number of benzene rings is 2. The lowest BCUT2D eigenvalue weighted by Crippen LogP contribution is -2.53. The predicted octanol–water partition coefficient (Wildman–Crippen LogP) is 6.35. The first-order valence-electron chi connectivity index (χ1n) is 13.8. The van der Waals surface area contributed by atoms with Crippen molar-refractivity contribution >= 4 is 35.4 Å². The van der Waals surface area contributed by atoms with Gasteiger partial charge in [-0.05, 0) is 87.9 Å². The van der Waals surface area contributed by atoms with Crippen LogP contribution in [0.25, 0.3) is 0 Å². The third-order valence-corrected chi connectivity index (χ3v) is 6.93. The average Bonchev–Trinajstić information content (AvgIpc) is 2.90. The van der Waals surface area contributed by atoms with Crippen LogP contribution in [0.3, 0.4) is 0 Å². The predicted molar refractivity (Wildman–Crippen MR) is 163 cm³/mol. The van der Waals surface area contributed by atoms with Crippen molar-refractivity contribution in [1.29, 1.82) is 0 Å². The second-order valence-corrected chi connectivity index (χ2v) is 11.7. The molecular formula is C31H45N3O5S. The smallest absolute Gasteiger partial charge is 0.408 e. The van der Waals surface area contributed by atoms with Crippen molar-refractivity contribution in [3.05, 3.63) is 59.7 Å². The number of anilines is 1. The number of nitrogens with zero attached hydrogens (tertiary/aromatic N) is 1. The fourth-order valence-electron chi connectivity index (χ4n) is 4.27. The summed E-state index contributed by atoms with van der Waals surface area (Å²) in [5, 5.41) is 5.78. The van der Waals surface area contributed by atoms with Crippen molar-refractivity contribution in [2.75, 3.05) is 31.0 Å². The molecule has 0 aliphatic heterocycles. The molecule has 2 unspecified atom stereocenters. The lowest BCUT2D eigenvalue weighted by atomic mass is 9.97. The van der Waals surface area contributed by atoms with Crippen LogP contribution in [-0.4, -0.2) is 60.1 Å². The standard InChI is InChI=1S/C31H45N3O5S/c1-8-9-12-20-34(29(36)26(19-21-40-7)33-30(37)39-31(3,4)5)27(25-14-11-10-13-22(25)2)28(35)32-23-15-17-24(38-6)18-16-23/h10-11,13-18,26-27H,8-9,12,19-21H2,1-7H3,(H,32,35)(H,33,37). The monoisotopic (exact) mass is 571 g/mol. The van der Waals surface area contributed by atoms with Crippen molar-refractivity contribution in [2.45, 2.75) is 78.0 Å². The normalized spacial score (nSPS) is 12.7. The third-order valence-electron chi connectivity index (χ3n) is 6.29. The van der Waals surface area contributed by atoms with Crippen LogP contribution >= 0.6 is 11.8 Å². The topological polar surface area (TPSA) is 97.0 Å². The summed E-state index contributed by atoms with van der Waals surface area (Å²) in [6.07, 6.45) is 4.29. The molecule has 0 radical (unpaired) electrons. The molecule has 0 fully saturated rings. The number of ether oxygens (including phenoxy) is 2. The second kappa shape index (κ2) is 16.2. The Kier molecular flexibility index (Phi) is 13.3. The minimum absolute atomic E-state index is 0.311. The molecule has 0 saturated heterocycles. The summed E-state index contributed by atoms with van der Waals surface area (Å²) in [5.74, 6) is 0.691. The molecule has 2 aromatic rings. The number of amides is 3. The number of hydrogen-bond acceptors (Lipinski definition) is 6. The third kappa shape index (κ3) is 10.4. The van der Waals surface area contributed by atoms with Gasteiger partial charge in [0.2, 0.25) is 5.91 Å². The van der Waals surface area contributed by atoms with Gasteiger partial charge in [0.25, 0.3) is 5.91 Å². The van der Waals surface area contributed by atoms with Gasteiger partial charge in [-0.15, -0.1) is 0 Å². The van der Waals surface area contributed by atoms with Crippen molar-refractivity contribution < 1.29 is 23.9 Å². The van der Waals surface area contributed by atoms with Gasteiger partial charge in [0.1, 0.15) is 23.4 Å². The fraction of sp³-hybridized carbons (Fsp3) is 0.516. The van der Waals surface area contributed by atoms with E-state index in [1.807, 2.05) is 37.4 Å². The van der Waals surface area contributed by atoms with Crippen molar-refractivity contribution in [1.82, 2.24) is 10.2 Å². The van der Waals surface area contributed by atoms with Gasteiger partial charge in [0, 0.05) is 12.2 Å². The minimum Gasteiger partial charge on any atom is -0.497 e. The molecule has 9 heteroatoms. The maximum absolute atomic E-state index is 14.3. The Morgan fingerprint density at radius 3 is 2.27 bits per heavy atom. The number of alkyl carbamates (subject to hydrolysis) is 1. The van der Waals surface area contributed by atoms with Gasteiger partial charge in [-0.25, -0.2) is 4.79 Å². The Hall–Kier alpha value is -3.20. The first-order valence-corrected chi connectivity index (χ1v) is 15.2. The first-order chi connectivity index (χ1) is 19.0. The van der Waals surface area contributed by atoms with Crippen molar-refractivity contribution in [2.24, 2.45) is 0 Å². The van der Waals surface area contributed by atoms with Gasteiger partial charge >= 0.3 is 6.09 Å². The van der Waals surface area contributed by atoms with Gasteiger partial charge in [-0.2, -0.15) is 11.8 Å². The molecule has 0 spiro atoms. The lowest BCUT2D eigenvalue weighted by Gasteiger charge is -2.35. The second-order valence-electron chi connectivity index (χ2n) is 10.7. The Balaban J connectivity index is 2.51. The van der Waals surface area contributed by atoms with Crippen molar-refractivity contribution in [3.63, 3.8) is 0 Å². The van der Waals surface area contributed by atoms with E-state index in [4.69, 9.17) is 9.47 Å². The molecule has 2 rings (SSSR count). The lowest BCUT2D eigenvalue weighted by molar-refractivity contribution is -0.141. The number of nitrogens with one attached hydrogen (secondary N) is 2. The molecule has 0 bridgehead atoms. The number of thioether (sulfide) groups is 1. The highest BCUT2D eigenvalue weighted by Crippen LogP contribution is 2.28. The molecular weight excluding hydrogens is 526 g/mol. The van der Waals surface area contributed by atoms with Crippen LogP contribution in [0.5, 0.6) is 5.75 Å². The van der Waals surface area contributed by atoms with E-state index < -0.39 is 23.8 Å². The number of methoxy groups -OCH3 is 1.